The van der Waals surface area contributed by atoms with Crippen LogP contribution >= 0.6 is 11.8 Å². The Balaban J connectivity index is 2.10. The molecule has 0 aliphatic carbocycles. The third-order valence-electron chi connectivity index (χ3n) is 2.69. The molecule has 1 aromatic carbocycles. The number of carboxylic acid groups (broad SMARTS) is 1. The first-order chi connectivity index (χ1) is 9.74. The number of hydrogen-bond acceptors (Lipinski definition) is 5. The standard InChI is InChI=1S/C14H9N3O2S/c18-14(19)10-7-13(20-12-5-6-15-8-16-12)17-11-4-2-1-3-9(10)11/h1-8H,(H,18,19). The number of aromatic carboxylic acids is 1. The fourth-order valence-electron chi connectivity index (χ4n) is 1.83. The molecule has 0 atom stereocenters. The Labute approximate surface area is 118 Å². The van der Waals surface area contributed by atoms with E-state index in [0.29, 0.717) is 15.9 Å². The zero-order valence-corrected chi connectivity index (χ0v) is 11.0. The summed E-state index contributed by atoms with van der Waals surface area (Å²) in [6.07, 6.45) is 3.08. The van der Waals surface area contributed by atoms with Crippen molar-refractivity contribution in [2.24, 2.45) is 0 Å². The van der Waals surface area contributed by atoms with E-state index >= 15 is 0 Å². The SMILES string of the molecule is O=C(O)c1cc(Sc2ccncn2)nc2ccccc12. The number of benzene rings is 1. The van der Waals surface area contributed by atoms with Crippen molar-refractivity contribution in [3.8, 4) is 0 Å². The lowest BCUT2D eigenvalue weighted by atomic mass is 10.1. The summed E-state index contributed by atoms with van der Waals surface area (Å²) in [5, 5.41) is 11.3. The third kappa shape index (κ3) is 2.46. The van der Waals surface area contributed by atoms with Gasteiger partial charge in [-0.1, -0.05) is 18.2 Å². The van der Waals surface area contributed by atoms with Crippen molar-refractivity contribution in [1.29, 1.82) is 0 Å². The second-order valence-electron chi connectivity index (χ2n) is 3.98. The normalized spacial score (nSPS) is 10.6. The first kappa shape index (κ1) is 12.6. The molecule has 0 bridgehead atoms. The van der Waals surface area contributed by atoms with Crippen LogP contribution in [0.5, 0.6) is 0 Å². The highest BCUT2D eigenvalue weighted by atomic mass is 32.2. The zero-order chi connectivity index (χ0) is 13.9. The number of hydrogen-bond donors (Lipinski definition) is 1. The number of rotatable bonds is 3. The minimum Gasteiger partial charge on any atom is -0.478 e. The van der Waals surface area contributed by atoms with Gasteiger partial charge in [0.25, 0.3) is 0 Å². The van der Waals surface area contributed by atoms with Gasteiger partial charge in [-0.3, -0.25) is 0 Å². The second-order valence-corrected chi connectivity index (χ2v) is 5.02. The fraction of sp³-hybridized carbons (Fsp3) is 0. The quantitative estimate of drug-likeness (QED) is 0.745. The topological polar surface area (TPSA) is 76.0 Å². The molecule has 0 aliphatic rings. The molecule has 3 aromatic rings. The average molecular weight is 283 g/mol. The van der Waals surface area contributed by atoms with Crippen molar-refractivity contribution in [2.75, 3.05) is 0 Å². The average Bonchev–Trinajstić information content (AvgIpc) is 2.47. The van der Waals surface area contributed by atoms with Crippen LogP contribution in [-0.2, 0) is 0 Å². The summed E-state index contributed by atoms with van der Waals surface area (Å²) >= 11 is 1.31. The van der Waals surface area contributed by atoms with Gasteiger partial charge in [-0.15, -0.1) is 0 Å². The van der Waals surface area contributed by atoms with E-state index < -0.39 is 5.97 Å². The van der Waals surface area contributed by atoms with Crippen LogP contribution in [0.4, 0.5) is 0 Å². The van der Waals surface area contributed by atoms with E-state index in [9.17, 15) is 9.90 Å². The number of fused-ring (bicyclic) bond motifs is 1. The largest absolute Gasteiger partial charge is 0.478 e. The van der Waals surface area contributed by atoms with Crippen LogP contribution in [0.3, 0.4) is 0 Å². The van der Waals surface area contributed by atoms with Gasteiger partial charge in [0, 0.05) is 11.6 Å². The van der Waals surface area contributed by atoms with Crippen LogP contribution in [0.1, 0.15) is 10.4 Å². The number of nitrogens with zero attached hydrogens (tertiary/aromatic N) is 3. The molecule has 0 saturated carbocycles. The van der Waals surface area contributed by atoms with E-state index in [1.54, 1.807) is 36.5 Å². The highest BCUT2D eigenvalue weighted by molar-refractivity contribution is 7.99. The number of carboxylic acids is 1. The molecular formula is C14H9N3O2S. The molecule has 0 saturated heterocycles. The summed E-state index contributed by atoms with van der Waals surface area (Å²) < 4.78 is 0. The monoisotopic (exact) mass is 283 g/mol. The van der Waals surface area contributed by atoms with Gasteiger partial charge in [0.05, 0.1) is 11.1 Å². The molecule has 0 spiro atoms. The van der Waals surface area contributed by atoms with E-state index in [-0.39, 0.29) is 5.56 Å². The van der Waals surface area contributed by atoms with Gasteiger partial charge >= 0.3 is 5.97 Å². The summed E-state index contributed by atoms with van der Waals surface area (Å²) in [6, 6.07) is 10.5. The van der Waals surface area contributed by atoms with Crippen LogP contribution in [0.25, 0.3) is 10.9 Å². The molecular weight excluding hydrogens is 274 g/mol. The number of aromatic nitrogens is 3. The smallest absolute Gasteiger partial charge is 0.336 e. The van der Waals surface area contributed by atoms with Gasteiger partial charge in [-0.05, 0) is 30.0 Å². The van der Waals surface area contributed by atoms with Gasteiger partial charge in [0.1, 0.15) is 16.4 Å². The van der Waals surface area contributed by atoms with Gasteiger partial charge in [0.15, 0.2) is 0 Å². The Bertz CT molecular complexity index is 778. The Morgan fingerprint density at radius 3 is 2.75 bits per heavy atom. The van der Waals surface area contributed by atoms with E-state index in [0.717, 1.165) is 5.03 Å². The molecule has 98 valence electrons. The molecule has 0 unspecified atom stereocenters. The zero-order valence-electron chi connectivity index (χ0n) is 10.2. The lowest BCUT2D eigenvalue weighted by molar-refractivity contribution is 0.0698. The number of para-hydroxylation sites is 1. The van der Waals surface area contributed by atoms with Gasteiger partial charge in [-0.25, -0.2) is 19.7 Å². The van der Waals surface area contributed by atoms with Crippen LogP contribution in [0.2, 0.25) is 0 Å². The van der Waals surface area contributed by atoms with E-state index in [2.05, 4.69) is 15.0 Å². The van der Waals surface area contributed by atoms with Crippen molar-refractivity contribution >= 4 is 28.6 Å². The molecule has 0 radical (unpaired) electrons. The van der Waals surface area contributed by atoms with Crippen LogP contribution in [0.15, 0.2) is 59.0 Å². The molecule has 2 heterocycles. The molecule has 20 heavy (non-hydrogen) atoms. The predicted molar refractivity (Wildman–Crippen MR) is 74.9 cm³/mol. The Morgan fingerprint density at radius 1 is 1.15 bits per heavy atom. The highest BCUT2D eigenvalue weighted by Crippen LogP contribution is 2.28. The second kappa shape index (κ2) is 5.26. The Kier molecular flexibility index (Phi) is 3.30. The minimum absolute atomic E-state index is 0.243. The van der Waals surface area contributed by atoms with E-state index in [4.69, 9.17) is 0 Å². The molecule has 2 aromatic heterocycles. The lowest BCUT2D eigenvalue weighted by Crippen LogP contribution is -1.99. The van der Waals surface area contributed by atoms with Gasteiger partial charge in [0.2, 0.25) is 0 Å². The number of pyridine rings is 1. The maximum atomic E-state index is 11.4. The summed E-state index contributed by atoms with van der Waals surface area (Å²) in [5.74, 6) is -0.965. The van der Waals surface area contributed by atoms with E-state index in [1.807, 2.05) is 6.07 Å². The van der Waals surface area contributed by atoms with Crippen LogP contribution in [0, 0.1) is 0 Å². The fourth-order valence-corrected chi connectivity index (χ4v) is 2.59. The van der Waals surface area contributed by atoms with Crippen molar-refractivity contribution in [2.45, 2.75) is 10.1 Å². The molecule has 0 amide bonds. The van der Waals surface area contributed by atoms with Crippen molar-refractivity contribution in [1.82, 2.24) is 15.0 Å². The molecule has 0 fully saturated rings. The lowest BCUT2D eigenvalue weighted by Gasteiger charge is -2.05. The third-order valence-corrected chi connectivity index (χ3v) is 3.56. The van der Waals surface area contributed by atoms with Crippen molar-refractivity contribution in [3.05, 3.63) is 54.5 Å². The summed E-state index contributed by atoms with van der Waals surface area (Å²) in [7, 11) is 0. The first-order valence-corrected chi connectivity index (χ1v) is 6.62. The number of carbonyl (C=O) groups is 1. The Hall–Kier alpha value is -2.47. The summed E-state index contributed by atoms with van der Waals surface area (Å²) in [6.45, 7) is 0. The summed E-state index contributed by atoms with van der Waals surface area (Å²) in [5.41, 5.74) is 0.899. The van der Waals surface area contributed by atoms with Crippen LogP contribution in [-0.4, -0.2) is 26.0 Å². The molecule has 3 rings (SSSR count). The molecule has 5 nitrogen and oxygen atoms in total. The Morgan fingerprint density at radius 2 is 2.00 bits per heavy atom. The van der Waals surface area contributed by atoms with Gasteiger partial charge < -0.3 is 5.11 Å². The van der Waals surface area contributed by atoms with E-state index in [1.165, 1.54) is 18.1 Å². The highest BCUT2D eigenvalue weighted by Gasteiger charge is 2.12. The minimum atomic E-state index is -0.965. The first-order valence-electron chi connectivity index (χ1n) is 5.81. The molecule has 6 heteroatoms. The van der Waals surface area contributed by atoms with Crippen molar-refractivity contribution < 1.29 is 9.90 Å². The summed E-state index contributed by atoms with van der Waals surface area (Å²) in [4.78, 5) is 23.7. The predicted octanol–water partition coefficient (Wildman–Crippen LogP) is 2.87. The molecule has 0 aliphatic heterocycles. The van der Waals surface area contributed by atoms with Crippen molar-refractivity contribution in [3.63, 3.8) is 0 Å². The maximum Gasteiger partial charge on any atom is 0.336 e. The maximum absolute atomic E-state index is 11.4. The van der Waals surface area contributed by atoms with Gasteiger partial charge in [-0.2, -0.15) is 0 Å². The molecule has 1 N–H and O–H groups in total. The van der Waals surface area contributed by atoms with Crippen LogP contribution < -0.4 is 0 Å².